The molecular formula is C16H31NO. The lowest BCUT2D eigenvalue weighted by atomic mass is 10.0. The third kappa shape index (κ3) is 11.7. The maximum absolute atomic E-state index is 10.5. The van der Waals surface area contributed by atoms with Crippen molar-refractivity contribution in [3.63, 3.8) is 0 Å². The van der Waals surface area contributed by atoms with Crippen molar-refractivity contribution < 1.29 is 4.79 Å². The van der Waals surface area contributed by atoms with Gasteiger partial charge in [0.1, 0.15) is 0 Å². The molecule has 0 bridgehead atoms. The van der Waals surface area contributed by atoms with E-state index >= 15 is 0 Å². The highest BCUT2D eigenvalue weighted by atomic mass is 16.1. The van der Waals surface area contributed by atoms with Crippen LogP contribution in [0.25, 0.3) is 0 Å². The minimum absolute atomic E-state index is 0.702. The molecule has 1 saturated carbocycles. The lowest BCUT2D eigenvalue weighted by Gasteiger charge is -2.16. The molecule has 0 radical (unpaired) electrons. The van der Waals surface area contributed by atoms with Crippen molar-refractivity contribution in [2.75, 3.05) is 13.1 Å². The lowest BCUT2D eigenvalue weighted by molar-refractivity contribution is -0.117. The van der Waals surface area contributed by atoms with Crippen LogP contribution in [0.15, 0.2) is 12.2 Å². The summed E-state index contributed by atoms with van der Waals surface area (Å²) >= 11 is 0. The predicted octanol–water partition coefficient (Wildman–Crippen LogP) is 4.55. The molecule has 0 aromatic rings. The van der Waals surface area contributed by atoms with Gasteiger partial charge in [0.05, 0.1) is 0 Å². The van der Waals surface area contributed by atoms with Gasteiger partial charge < -0.3 is 4.90 Å². The minimum Gasteiger partial charge on any atom is -0.341 e. The number of carbonyl (C=O) groups is 1. The van der Waals surface area contributed by atoms with Crippen molar-refractivity contribution in [1.29, 1.82) is 0 Å². The molecule has 2 nitrogen and oxygen atoms in total. The molecule has 0 spiro atoms. The van der Waals surface area contributed by atoms with Crippen LogP contribution >= 0.6 is 0 Å². The molecule has 106 valence electrons. The van der Waals surface area contributed by atoms with Crippen molar-refractivity contribution in [2.45, 2.75) is 71.6 Å². The number of hydrogen-bond donors (Lipinski definition) is 0. The van der Waals surface area contributed by atoms with Crippen LogP contribution in [0.4, 0.5) is 0 Å². The van der Waals surface area contributed by atoms with Crippen LogP contribution < -0.4 is 0 Å². The van der Waals surface area contributed by atoms with E-state index < -0.39 is 0 Å². The molecule has 0 saturated heterocycles. The second kappa shape index (κ2) is 12.7. The third-order valence-electron chi connectivity index (χ3n) is 3.17. The highest BCUT2D eigenvalue weighted by Crippen LogP contribution is 2.15. The van der Waals surface area contributed by atoms with Gasteiger partial charge >= 0.3 is 0 Å². The SMILES string of the molecule is C1CCCCC1.C=C(C)CN(C=O)CCCCC. The Labute approximate surface area is 113 Å². The Balaban J connectivity index is 0.000000397. The van der Waals surface area contributed by atoms with Crippen molar-refractivity contribution in [3.8, 4) is 0 Å². The zero-order chi connectivity index (χ0) is 13.6. The summed E-state index contributed by atoms with van der Waals surface area (Å²) < 4.78 is 0. The molecular weight excluding hydrogens is 222 g/mol. The van der Waals surface area contributed by atoms with Crippen LogP contribution in [0.5, 0.6) is 0 Å². The summed E-state index contributed by atoms with van der Waals surface area (Å²) in [6.07, 6.45) is 13.4. The second-order valence-corrected chi connectivity index (χ2v) is 5.36. The maximum Gasteiger partial charge on any atom is 0.209 e. The van der Waals surface area contributed by atoms with Crippen LogP contribution in [0.3, 0.4) is 0 Å². The van der Waals surface area contributed by atoms with E-state index in [1.165, 1.54) is 51.4 Å². The number of hydrogen-bond acceptors (Lipinski definition) is 1. The van der Waals surface area contributed by atoms with Gasteiger partial charge in [-0.05, 0) is 13.3 Å². The fourth-order valence-corrected chi connectivity index (χ4v) is 2.14. The molecule has 0 atom stereocenters. The third-order valence-corrected chi connectivity index (χ3v) is 3.17. The molecule has 0 aliphatic heterocycles. The summed E-state index contributed by atoms with van der Waals surface area (Å²) in [6.45, 7) is 9.43. The Bertz CT molecular complexity index is 198. The van der Waals surface area contributed by atoms with Gasteiger partial charge in [-0.2, -0.15) is 0 Å². The van der Waals surface area contributed by atoms with Crippen molar-refractivity contribution in [3.05, 3.63) is 12.2 Å². The number of amides is 1. The molecule has 1 aliphatic rings. The topological polar surface area (TPSA) is 20.3 Å². The van der Waals surface area contributed by atoms with E-state index in [1.54, 1.807) is 4.90 Å². The Morgan fingerprint density at radius 2 is 1.61 bits per heavy atom. The van der Waals surface area contributed by atoms with Gasteiger partial charge in [-0.3, -0.25) is 4.79 Å². The molecule has 1 rings (SSSR count). The first-order valence-electron chi connectivity index (χ1n) is 7.54. The molecule has 0 heterocycles. The van der Waals surface area contributed by atoms with E-state index in [0.29, 0.717) is 6.54 Å². The Morgan fingerprint density at radius 1 is 1.11 bits per heavy atom. The summed E-state index contributed by atoms with van der Waals surface area (Å²) in [5.74, 6) is 0. The monoisotopic (exact) mass is 253 g/mol. The zero-order valence-corrected chi connectivity index (χ0v) is 12.4. The summed E-state index contributed by atoms with van der Waals surface area (Å²) in [5.41, 5.74) is 1.04. The summed E-state index contributed by atoms with van der Waals surface area (Å²) in [4.78, 5) is 12.3. The summed E-state index contributed by atoms with van der Waals surface area (Å²) in [7, 11) is 0. The average molecular weight is 253 g/mol. The smallest absolute Gasteiger partial charge is 0.209 e. The fraction of sp³-hybridized carbons (Fsp3) is 0.812. The average Bonchev–Trinajstić information content (AvgIpc) is 2.40. The van der Waals surface area contributed by atoms with Gasteiger partial charge in [-0.1, -0.05) is 70.4 Å². The molecule has 1 fully saturated rings. The molecule has 0 aromatic heterocycles. The van der Waals surface area contributed by atoms with E-state index in [0.717, 1.165) is 24.9 Å². The van der Waals surface area contributed by atoms with Crippen LogP contribution in [0, 0.1) is 0 Å². The molecule has 1 amide bonds. The van der Waals surface area contributed by atoms with Gasteiger partial charge in [0.25, 0.3) is 0 Å². The van der Waals surface area contributed by atoms with E-state index in [2.05, 4.69) is 13.5 Å². The standard InChI is InChI=1S/C10H19NO.C6H12/c1-4-5-6-7-11(9-12)8-10(2)3;1-2-4-6-5-3-1/h9H,2,4-8H2,1,3H3;1-6H2. The van der Waals surface area contributed by atoms with Crippen LogP contribution in [0.1, 0.15) is 71.6 Å². The summed E-state index contributed by atoms with van der Waals surface area (Å²) in [5, 5.41) is 0. The zero-order valence-electron chi connectivity index (χ0n) is 12.4. The number of unbranched alkanes of at least 4 members (excludes halogenated alkanes) is 2. The normalized spacial score (nSPS) is 14.3. The van der Waals surface area contributed by atoms with Crippen LogP contribution in [-0.2, 0) is 4.79 Å². The van der Waals surface area contributed by atoms with E-state index in [-0.39, 0.29) is 0 Å². The van der Waals surface area contributed by atoms with E-state index in [9.17, 15) is 4.79 Å². The first-order chi connectivity index (χ1) is 8.70. The second-order valence-electron chi connectivity index (χ2n) is 5.36. The van der Waals surface area contributed by atoms with Gasteiger partial charge in [0, 0.05) is 13.1 Å². The van der Waals surface area contributed by atoms with E-state index in [4.69, 9.17) is 0 Å². The molecule has 0 aromatic carbocycles. The van der Waals surface area contributed by atoms with Crippen molar-refractivity contribution in [1.82, 2.24) is 4.90 Å². The quantitative estimate of drug-likeness (QED) is 0.370. The van der Waals surface area contributed by atoms with Crippen LogP contribution in [0.2, 0.25) is 0 Å². The molecule has 18 heavy (non-hydrogen) atoms. The molecule has 0 N–H and O–H groups in total. The number of rotatable bonds is 7. The van der Waals surface area contributed by atoms with E-state index in [1.807, 2.05) is 6.92 Å². The summed E-state index contributed by atoms with van der Waals surface area (Å²) in [6, 6.07) is 0. The highest BCUT2D eigenvalue weighted by Gasteiger charge is 1.99. The maximum atomic E-state index is 10.5. The van der Waals surface area contributed by atoms with Crippen molar-refractivity contribution in [2.24, 2.45) is 0 Å². The Hall–Kier alpha value is -0.790. The van der Waals surface area contributed by atoms with Crippen molar-refractivity contribution >= 4 is 6.41 Å². The first-order valence-corrected chi connectivity index (χ1v) is 7.54. The molecule has 2 heteroatoms. The van der Waals surface area contributed by atoms with Crippen LogP contribution in [-0.4, -0.2) is 24.4 Å². The molecule has 0 unspecified atom stereocenters. The predicted molar refractivity (Wildman–Crippen MR) is 79.7 cm³/mol. The van der Waals surface area contributed by atoms with Gasteiger partial charge in [-0.15, -0.1) is 0 Å². The Morgan fingerprint density at radius 3 is 1.94 bits per heavy atom. The fourth-order valence-electron chi connectivity index (χ4n) is 2.14. The number of carbonyl (C=O) groups excluding carboxylic acids is 1. The lowest BCUT2D eigenvalue weighted by Crippen LogP contribution is -2.24. The largest absolute Gasteiger partial charge is 0.341 e. The van der Waals surface area contributed by atoms with Gasteiger partial charge in [-0.25, -0.2) is 0 Å². The van der Waals surface area contributed by atoms with Gasteiger partial charge in [0.2, 0.25) is 6.41 Å². The minimum atomic E-state index is 0.702. The first kappa shape index (κ1) is 17.2. The molecule has 1 aliphatic carbocycles. The number of nitrogens with zero attached hydrogens (tertiary/aromatic N) is 1. The highest BCUT2D eigenvalue weighted by molar-refractivity contribution is 5.47. The van der Waals surface area contributed by atoms with Gasteiger partial charge in [0.15, 0.2) is 0 Å². The Kier molecular flexibility index (Phi) is 12.1.